The van der Waals surface area contributed by atoms with Gasteiger partial charge in [-0.15, -0.1) is 0 Å². The Morgan fingerprint density at radius 3 is 2.85 bits per heavy atom. The molecule has 1 saturated heterocycles. The minimum Gasteiger partial charge on any atom is -0.462 e. The van der Waals surface area contributed by atoms with E-state index in [1.165, 1.54) is 6.07 Å². The van der Waals surface area contributed by atoms with Gasteiger partial charge < -0.3 is 14.0 Å². The highest BCUT2D eigenvalue weighted by molar-refractivity contribution is 5.92. The second-order valence-electron chi connectivity index (χ2n) is 5.09. The van der Waals surface area contributed by atoms with Gasteiger partial charge in [0.2, 0.25) is 0 Å². The molecule has 1 aromatic rings. The molecule has 0 N–H and O–H groups in total. The standard InChI is InChI=1S/C15H21NO4/c1-4-19-15(18)14-10(2)8-13(17)16(11(14)3)9-12-6-5-7-20-12/h8,12H,4-7,9H2,1-3H3. The molecule has 0 amide bonds. The number of aromatic nitrogens is 1. The molecule has 2 rings (SSSR count). The van der Waals surface area contributed by atoms with Gasteiger partial charge in [0.15, 0.2) is 0 Å². The number of nitrogens with zero attached hydrogens (tertiary/aromatic N) is 1. The summed E-state index contributed by atoms with van der Waals surface area (Å²) in [5.74, 6) is -0.372. The molecule has 1 aliphatic heterocycles. The van der Waals surface area contributed by atoms with Crippen LogP contribution in [0.25, 0.3) is 0 Å². The number of pyridine rings is 1. The average Bonchev–Trinajstić information content (AvgIpc) is 2.87. The van der Waals surface area contributed by atoms with E-state index in [4.69, 9.17) is 9.47 Å². The molecule has 1 fully saturated rings. The third-order valence-corrected chi connectivity index (χ3v) is 3.66. The van der Waals surface area contributed by atoms with Gasteiger partial charge in [-0.05, 0) is 39.2 Å². The smallest absolute Gasteiger partial charge is 0.340 e. The lowest BCUT2D eigenvalue weighted by atomic mass is 10.1. The Morgan fingerprint density at radius 2 is 2.25 bits per heavy atom. The molecule has 2 heterocycles. The van der Waals surface area contributed by atoms with Crippen molar-refractivity contribution in [3.05, 3.63) is 33.2 Å². The molecule has 0 radical (unpaired) electrons. The van der Waals surface area contributed by atoms with E-state index in [-0.39, 0.29) is 17.6 Å². The first-order valence-electron chi connectivity index (χ1n) is 7.04. The number of carbonyl (C=O) groups excluding carboxylic acids is 1. The maximum Gasteiger partial charge on any atom is 0.340 e. The van der Waals surface area contributed by atoms with Crippen molar-refractivity contribution in [3.8, 4) is 0 Å². The molecule has 5 nitrogen and oxygen atoms in total. The van der Waals surface area contributed by atoms with Gasteiger partial charge >= 0.3 is 5.97 Å². The first-order valence-corrected chi connectivity index (χ1v) is 7.04. The van der Waals surface area contributed by atoms with E-state index in [1.54, 1.807) is 25.3 Å². The van der Waals surface area contributed by atoms with Crippen LogP contribution in [-0.2, 0) is 16.0 Å². The zero-order chi connectivity index (χ0) is 14.7. The minimum absolute atomic E-state index is 0.0594. The normalized spacial score (nSPS) is 18.2. The second-order valence-corrected chi connectivity index (χ2v) is 5.09. The van der Waals surface area contributed by atoms with Crippen molar-refractivity contribution in [2.24, 2.45) is 0 Å². The summed E-state index contributed by atoms with van der Waals surface area (Å²) in [6.07, 6.45) is 2.04. The molecular formula is C15H21NO4. The van der Waals surface area contributed by atoms with Crippen LogP contribution in [0.15, 0.2) is 10.9 Å². The molecule has 0 spiro atoms. The third kappa shape index (κ3) is 2.93. The van der Waals surface area contributed by atoms with E-state index in [2.05, 4.69) is 0 Å². The van der Waals surface area contributed by atoms with Crippen LogP contribution in [0.1, 0.15) is 41.4 Å². The van der Waals surface area contributed by atoms with Crippen LogP contribution in [0, 0.1) is 13.8 Å². The van der Waals surface area contributed by atoms with Gasteiger partial charge in [0, 0.05) is 18.4 Å². The molecule has 0 saturated carbocycles. The first-order chi connectivity index (χ1) is 9.54. The average molecular weight is 279 g/mol. The second kappa shape index (κ2) is 6.22. The van der Waals surface area contributed by atoms with E-state index in [0.29, 0.717) is 30.0 Å². The van der Waals surface area contributed by atoms with Crippen LogP contribution in [0.2, 0.25) is 0 Å². The zero-order valence-corrected chi connectivity index (χ0v) is 12.3. The maximum absolute atomic E-state index is 12.1. The van der Waals surface area contributed by atoms with Gasteiger partial charge in [0.1, 0.15) is 0 Å². The van der Waals surface area contributed by atoms with Gasteiger partial charge in [0.25, 0.3) is 5.56 Å². The number of aryl methyl sites for hydroxylation is 1. The van der Waals surface area contributed by atoms with Crippen molar-refractivity contribution in [3.63, 3.8) is 0 Å². The van der Waals surface area contributed by atoms with Crippen molar-refractivity contribution in [1.29, 1.82) is 0 Å². The third-order valence-electron chi connectivity index (χ3n) is 3.66. The fraction of sp³-hybridized carbons (Fsp3) is 0.600. The number of hydrogen-bond donors (Lipinski definition) is 0. The highest BCUT2D eigenvalue weighted by Crippen LogP contribution is 2.17. The monoisotopic (exact) mass is 279 g/mol. The fourth-order valence-electron chi connectivity index (χ4n) is 2.65. The highest BCUT2D eigenvalue weighted by atomic mass is 16.5. The van der Waals surface area contributed by atoms with Crippen molar-refractivity contribution in [2.75, 3.05) is 13.2 Å². The van der Waals surface area contributed by atoms with Crippen molar-refractivity contribution in [1.82, 2.24) is 4.57 Å². The van der Waals surface area contributed by atoms with Gasteiger partial charge in [-0.3, -0.25) is 4.79 Å². The van der Waals surface area contributed by atoms with E-state index in [9.17, 15) is 9.59 Å². The highest BCUT2D eigenvalue weighted by Gasteiger charge is 2.21. The Balaban J connectivity index is 2.38. The lowest BCUT2D eigenvalue weighted by molar-refractivity contribution is 0.0521. The van der Waals surface area contributed by atoms with E-state index in [0.717, 1.165) is 19.4 Å². The Hall–Kier alpha value is -1.62. The van der Waals surface area contributed by atoms with Gasteiger partial charge in [0.05, 0.1) is 24.8 Å². The van der Waals surface area contributed by atoms with Crippen molar-refractivity contribution >= 4 is 5.97 Å². The fourth-order valence-corrected chi connectivity index (χ4v) is 2.65. The summed E-state index contributed by atoms with van der Waals surface area (Å²) in [6, 6.07) is 1.49. The number of rotatable bonds is 4. The van der Waals surface area contributed by atoms with Crippen LogP contribution in [-0.4, -0.2) is 29.9 Å². The summed E-state index contributed by atoms with van der Waals surface area (Å²) >= 11 is 0. The Kier molecular flexibility index (Phi) is 4.60. The topological polar surface area (TPSA) is 57.5 Å². The minimum atomic E-state index is -0.372. The first kappa shape index (κ1) is 14.8. The van der Waals surface area contributed by atoms with Crippen molar-refractivity contribution in [2.45, 2.75) is 46.3 Å². The van der Waals surface area contributed by atoms with Gasteiger partial charge in [-0.1, -0.05) is 0 Å². The van der Waals surface area contributed by atoms with Crippen LogP contribution < -0.4 is 5.56 Å². The number of esters is 1. The molecule has 0 aliphatic carbocycles. The summed E-state index contributed by atoms with van der Waals surface area (Å²) in [5, 5.41) is 0. The van der Waals surface area contributed by atoms with Crippen LogP contribution in [0.4, 0.5) is 0 Å². The van der Waals surface area contributed by atoms with Gasteiger partial charge in [-0.2, -0.15) is 0 Å². The van der Waals surface area contributed by atoms with Crippen LogP contribution in [0.5, 0.6) is 0 Å². The zero-order valence-electron chi connectivity index (χ0n) is 12.3. The number of hydrogen-bond acceptors (Lipinski definition) is 4. The molecule has 1 unspecified atom stereocenters. The van der Waals surface area contributed by atoms with Crippen LogP contribution >= 0.6 is 0 Å². The van der Waals surface area contributed by atoms with Crippen LogP contribution in [0.3, 0.4) is 0 Å². The van der Waals surface area contributed by atoms with Gasteiger partial charge in [-0.25, -0.2) is 4.79 Å². The van der Waals surface area contributed by atoms with E-state index < -0.39 is 0 Å². The molecule has 5 heteroatoms. The molecule has 0 aromatic carbocycles. The van der Waals surface area contributed by atoms with Crippen molar-refractivity contribution < 1.29 is 14.3 Å². The maximum atomic E-state index is 12.1. The molecule has 1 atom stereocenters. The Labute approximate surface area is 118 Å². The lowest BCUT2D eigenvalue weighted by Gasteiger charge is -2.18. The molecule has 1 aromatic heterocycles. The summed E-state index contributed by atoms with van der Waals surface area (Å²) in [6.45, 7) is 6.88. The molecule has 110 valence electrons. The summed E-state index contributed by atoms with van der Waals surface area (Å²) in [7, 11) is 0. The number of ether oxygens (including phenoxy) is 2. The molecular weight excluding hydrogens is 258 g/mol. The molecule has 0 bridgehead atoms. The Bertz CT molecular complexity index is 556. The van der Waals surface area contributed by atoms with E-state index >= 15 is 0 Å². The summed E-state index contributed by atoms with van der Waals surface area (Å²) < 4.78 is 12.3. The summed E-state index contributed by atoms with van der Waals surface area (Å²) in [5.41, 5.74) is 1.71. The Morgan fingerprint density at radius 1 is 1.50 bits per heavy atom. The predicted octanol–water partition coefficient (Wildman–Crippen LogP) is 1.82. The molecule has 1 aliphatic rings. The largest absolute Gasteiger partial charge is 0.462 e. The SMILES string of the molecule is CCOC(=O)c1c(C)cc(=O)n(CC2CCCO2)c1C. The number of carbonyl (C=O) groups is 1. The summed E-state index contributed by atoms with van der Waals surface area (Å²) in [4.78, 5) is 24.2. The lowest BCUT2D eigenvalue weighted by Crippen LogP contribution is -2.30. The molecule has 20 heavy (non-hydrogen) atoms. The van der Waals surface area contributed by atoms with E-state index in [1.807, 2.05) is 0 Å². The quantitative estimate of drug-likeness (QED) is 0.789. The predicted molar refractivity (Wildman–Crippen MR) is 75.1 cm³/mol.